The Morgan fingerprint density at radius 1 is 1.27 bits per heavy atom. The first-order valence-corrected chi connectivity index (χ1v) is 6.92. The molecule has 1 rings (SSSR count). The number of hydrogen-bond donors (Lipinski definition) is 1. The van der Waals surface area contributed by atoms with Crippen molar-refractivity contribution in [3.8, 4) is 0 Å². The third-order valence-electron chi connectivity index (χ3n) is 4.51. The molecule has 4 atom stereocenters. The first-order chi connectivity index (χ1) is 7.22. The Morgan fingerprint density at radius 3 is 2.53 bits per heavy atom. The maximum absolute atomic E-state index is 5.91. The molecule has 0 saturated heterocycles. The molecule has 0 heterocycles. The van der Waals surface area contributed by atoms with Gasteiger partial charge in [-0.1, -0.05) is 46.5 Å². The van der Waals surface area contributed by atoms with Crippen LogP contribution in [0.4, 0.5) is 0 Å². The van der Waals surface area contributed by atoms with Crippen molar-refractivity contribution in [3.63, 3.8) is 0 Å². The molecular formula is C14H29N. The summed E-state index contributed by atoms with van der Waals surface area (Å²) >= 11 is 0. The average molecular weight is 211 g/mol. The van der Waals surface area contributed by atoms with E-state index in [1.165, 1.54) is 38.5 Å². The normalized spacial score (nSPS) is 34.0. The van der Waals surface area contributed by atoms with E-state index in [9.17, 15) is 0 Å². The second kappa shape index (κ2) is 6.52. The van der Waals surface area contributed by atoms with E-state index in [-0.39, 0.29) is 0 Å². The lowest BCUT2D eigenvalue weighted by atomic mass is 9.67. The fraction of sp³-hybridized carbons (Fsp3) is 1.00. The molecule has 90 valence electrons. The van der Waals surface area contributed by atoms with Gasteiger partial charge >= 0.3 is 0 Å². The zero-order valence-corrected chi connectivity index (χ0v) is 10.8. The average Bonchev–Trinajstić information content (AvgIpc) is 2.28. The molecule has 0 aromatic rings. The molecule has 0 aromatic carbocycles. The van der Waals surface area contributed by atoms with Crippen LogP contribution in [0.2, 0.25) is 0 Å². The van der Waals surface area contributed by atoms with Crippen LogP contribution in [0.5, 0.6) is 0 Å². The molecule has 1 aliphatic rings. The van der Waals surface area contributed by atoms with E-state index in [2.05, 4.69) is 20.8 Å². The largest absolute Gasteiger partial charge is 0.330 e. The molecule has 4 unspecified atom stereocenters. The molecule has 0 aliphatic heterocycles. The van der Waals surface area contributed by atoms with Crippen molar-refractivity contribution >= 4 is 0 Å². The summed E-state index contributed by atoms with van der Waals surface area (Å²) in [5, 5.41) is 0. The Balaban J connectivity index is 2.54. The fourth-order valence-corrected chi connectivity index (χ4v) is 3.39. The third kappa shape index (κ3) is 3.48. The van der Waals surface area contributed by atoms with E-state index in [1.807, 2.05) is 0 Å². The monoisotopic (exact) mass is 211 g/mol. The minimum absolute atomic E-state index is 0.814. The van der Waals surface area contributed by atoms with Crippen LogP contribution in [-0.4, -0.2) is 6.54 Å². The van der Waals surface area contributed by atoms with Crippen molar-refractivity contribution in [3.05, 3.63) is 0 Å². The van der Waals surface area contributed by atoms with Crippen LogP contribution in [0.15, 0.2) is 0 Å². The van der Waals surface area contributed by atoms with E-state index < -0.39 is 0 Å². The lowest BCUT2D eigenvalue weighted by molar-refractivity contribution is 0.124. The van der Waals surface area contributed by atoms with Crippen LogP contribution in [0.1, 0.15) is 59.3 Å². The van der Waals surface area contributed by atoms with Crippen molar-refractivity contribution in [1.29, 1.82) is 0 Å². The molecule has 0 amide bonds. The topological polar surface area (TPSA) is 26.0 Å². The minimum atomic E-state index is 0.814. The van der Waals surface area contributed by atoms with Gasteiger partial charge in [-0.15, -0.1) is 0 Å². The Labute approximate surface area is 95.8 Å². The molecule has 2 N–H and O–H groups in total. The Bertz CT molecular complexity index is 167. The van der Waals surface area contributed by atoms with Gasteiger partial charge < -0.3 is 5.73 Å². The zero-order chi connectivity index (χ0) is 11.3. The van der Waals surface area contributed by atoms with Crippen LogP contribution in [0.3, 0.4) is 0 Å². The van der Waals surface area contributed by atoms with Gasteiger partial charge in [0.25, 0.3) is 0 Å². The van der Waals surface area contributed by atoms with Gasteiger partial charge in [0.1, 0.15) is 0 Å². The maximum Gasteiger partial charge on any atom is -0.00461 e. The van der Waals surface area contributed by atoms with Gasteiger partial charge in [-0.25, -0.2) is 0 Å². The van der Waals surface area contributed by atoms with Gasteiger partial charge in [0.2, 0.25) is 0 Å². The standard InChI is InChI=1S/C14H29N/c1-4-6-11(3)14-9-12(5-2)7-8-13(14)10-15/h11-14H,4-10,15H2,1-3H3. The van der Waals surface area contributed by atoms with Gasteiger partial charge in [-0.2, -0.15) is 0 Å². The molecule has 15 heavy (non-hydrogen) atoms. The summed E-state index contributed by atoms with van der Waals surface area (Å²) in [5.74, 6) is 3.60. The number of nitrogens with two attached hydrogens (primary N) is 1. The summed E-state index contributed by atoms with van der Waals surface area (Å²) in [6.07, 6.45) is 8.33. The molecule has 1 saturated carbocycles. The number of rotatable bonds is 5. The molecule has 1 nitrogen and oxygen atoms in total. The molecule has 0 radical (unpaired) electrons. The molecule has 1 fully saturated rings. The quantitative estimate of drug-likeness (QED) is 0.735. The van der Waals surface area contributed by atoms with Crippen LogP contribution in [-0.2, 0) is 0 Å². The number of hydrogen-bond acceptors (Lipinski definition) is 1. The van der Waals surface area contributed by atoms with Gasteiger partial charge in [0, 0.05) is 0 Å². The molecule has 1 aliphatic carbocycles. The Hall–Kier alpha value is -0.0400. The maximum atomic E-state index is 5.91. The van der Waals surface area contributed by atoms with Crippen molar-refractivity contribution in [2.24, 2.45) is 29.4 Å². The second-order valence-corrected chi connectivity index (χ2v) is 5.51. The first-order valence-electron chi connectivity index (χ1n) is 6.92. The van der Waals surface area contributed by atoms with Crippen molar-refractivity contribution < 1.29 is 0 Å². The highest BCUT2D eigenvalue weighted by molar-refractivity contribution is 4.83. The van der Waals surface area contributed by atoms with Gasteiger partial charge in [-0.3, -0.25) is 0 Å². The highest BCUT2D eigenvalue weighted by atomic mass is 14.6. The summed E-state index contributed by atoms with van der Waals surface area (Å²) in [6.45, 7) is 7.99. The lowest BCUT2D eigenvalue weighted by Crippen LogP contribution is -2.34. The predicted molar refractivity (Wildman–Crippen MR) is 67.7 cm³/mol. The first kappa shape index (κ1) is 13.0. The highest BCUT2D eigenvalue weighted by Crippen LogP contribution is 2.40. The summed E-state index contributed by atoms with van der Waals surface area (Å²) in [5.41, 5.74) is 5.91. The van der Waals surface area contributed by atoms with E-state index >= 15 is 0 Å². The highest BCUT2D eigenvalue weighted by Gasteiger charge is 2.31. The molecule has 1 heteroatoms. The Kier molecular flexibility index (Phi) is 5.66. The second-order valence-electron chi connectivity index (χ2n) is 5.51. The van der Waals surface area contributed by atoms with E-state index in [4.69, 9.17) is 5.73 Å². The van der Waals surface area contributed by atoms with Gasteiger partial charge in [0.15, 0.2) is 0 Å². The zero-order valence-electron chi connectivity index (χ0n) is 10.8. The van der Waals surface area contributed by atoms with Gasteiger partial charge in [-0.05, 0) is 43.1 Å². The van der Waals surface area contributed by atoms with Crippen LogP contribution in [0.25, 0.3) is 0 Å². The van der Waals surface area contributed by atoms with Crippen LogP contribution >= 0.6 is 0 Å². The van der Waals surface area contributed by atoms with Crippen LogP contribution in [0, 0.1) is 23.7 Å². The minimum Gasteiger partial charge on any atom is -0.330 e. The summed E-state index contributed by atoms with van der Waals surface area (Å²) in [4.78, 5) is 0. The Morgan fingerprint density at radius 2 is 2.00 bits per heavy atom. The van der Waals surface area contributed by atoms with Crippen molar-refractivity contribution in [2.75, 3.05) is 6.54 Å². The van der Waals surface area contributed by atoms with E-state index in [0.29, 0.717) is 0 Å². The summed E-state index contributed by atoms with van der Waals surface area (Å²) in [6, 6.07) is 0. The van der Waals surface area contributed by atoms with Crippen LogP contribution < -0.4 is 5.73 Å². The molecule has 0 spiro atoms. The molecule has 0 aromatic heterocycles. The predicted octanol–water partition coefficient (Wildman–Crippen LogP) is 3.82. The summed E-state index contributed by atoms with van der Waals surface area (Å²) < 4.78 is 0. The SMILES string of the molecule is CCCC(C)C1CC(CC)CCC1CN. The van der Waals surface area contributed by atoms with Crippen molar-refractivity contribution in [1.82, 2.24) is 0 Å². The van der Waals surface area contributed by atoms with Crippen molar-refractivity contribution in [2.45, 2.75) is 59.3 Å². The fourth-order valence-electron chi connectivity index (χ4n) is 3.39. The van der Waals surface area contributed by atoms with E-state index in [0.717, 1.165) is 30.2 Å². The lowest BCUT2D eigenvalue weighted by Gasteiger charge is -2.39. The van der Waals surface area contributed by atoms with Gasteiger partial charge in [0.05, 0.1) is 0 Å². The molecule has 0 bridgehead atoms. The third-order valence-corrected chi connectivity index (χ3v) is 4.51. The van der Waals surface area contributed by atoms with E-state index in [1.54, 1.807) is 0 Å². The molecular weight excluding hydrogens is 182 g/mol. The smallest absolute Gasteiger partial charge is 0.00461 e. The summed E-state index contributed by atoms with van der Waals surface area (Å²) in [7, 11) is 0.